The first-order valence-electron chi connectivity index (χ1n) is 3.78. The predicted octanol–water partition coefficient (Wildman–Crippen LogP) is 2.67. The second kappa shape index (κ2) is 4.53. The molecule has 0 N–H and O–H groups in total. The molecule has 0 saturated heterocycles. The lowest BCUT2D eigenvalue weighted by molar-refractivity contribution is -0.111. The molecule has 1 atom stereocenters. The number of carbonyl (C=O) groups excluding carboxylic acids is 1. The van der Waals surface area contributed by atoms with E-state index in [2.05, 4.69) is 31.8 Å². The second-order valence-electron chi connectivity index (χ2n) is 2.67. The van der Waals surface area contributed by atoms with Crippen molar-refractivity contribution in [3.05, 3.63) is 47.4 Å². The number of hydrogen-bond donors (Lipinski definition) is 2. The highest BCUT2D eigenvalue weighted by molar-refractivity contribution is 7.97. The molecule has 1 rings (SSSR count). The molecule has 0 bridgehead atoms. The van der Waals surface area contributed by atoms with Gasteiger partial charge in [-0.3, -0.25) is 4.79 Å². The normalized spacial score (nSPS) is 12.2. The van der Waals surface area contributed by atoms with Crippen LogP contribution in [-0.2, 0) is 4.79 Å². The molecule has 0 aliphatic heterocycles. The lowest BCUT2D eigenvalue weighted by Gasteiger charge is -2.11. The zero-order chi connectivity index (χ0) is 9.84. The number of hydrogen-bond acceptors (Lipinski definition) is 2. The molecule has 0 spiro atoms. The first-order valence-corrected chi connectivity index (χ1v) is 4.68. The second-order valence-corrected chi connectivity index (χ2v) is 3.69. The van der Waals surface area contributed by atoms with Crippen LogP contribution in [0.5, 0.6) is 0 Å². The Labute approximate surface area is 88.7 Å². The molecule has 0 radical (unpaired) electrons. The Bertz CT molecular complexity index is 305. The van der Waals surface area contributed by atoms with Gasteiger partial charge in [0, 0.05) is 0 Å². The first-order chi connectivity index (χ1) is 6.13. The number of carbonyl (C=O) groups is 1. The van der Waals surface area contributed by atoms with Crippen LogP contribution < -0.4 is 0 Å². The van der Waals surface area contributed by atoms with Crippen molar-refractivity contribution in [3.8, 4) is 0 Å². The minimum atomic E-state index is -0.409. The molecule has 1 aromatic carbocycles. The highest BCUT2D eigenvalue weighted by Gasteiger charge is 2.18. The van der Waals surface area contributed by atoms with Gasteiger partial charge in [-0.05, 0) is 10.5 Å². The Hall–Kier alpha value is -0.670. The SMILES string of the molecule is C=C(S)C(C(=O)S)c1ccccc1. The smallest absolute Gasteiger partial charge is 0.198 e. The zero-order valence-electron chi connectivity index (χ0n) is 6.97. The zero-order valence-corrected chi connectivity index (χ0v) is 8.76. The third-order valence-electron chi connectivity index (χ3n) is 1.71. The van der Waals surface area contributed by atoms with E-state index in [0.29, 0.717) is 4.91 Å². The van der Waals surface area contributed by atoms with Gasteiger partial charge in [0.1, 0.15) is 0 Å². The van der Waals surface area contributed by atoms with Crippen LogP contribution in [-0.4, -0.2) is 5.12 Å². The summed E-state index contributed by atoms with van der Waals surface area (Å²) in [7, 11) is 0. The van der Waals surface area contributed by atoms with Crippen LogP contribution in [0.25, 0.3) is 0 Å². The van der Waals surface area contributed by atoms with E-state index in [1.165, 1.54) is 0 Å². The maximum atomic E-state index is 11.1. The van der Waals surface area contributed by atoms with Crippen molar-refractivity contribution in [2.24, 2.45) is 0 Å². The minimum absolute atomic E-state index is 0.230. The van der Waals surface area contributed by atoms with Crippen LogP contribution in [0.2, 0.25) is 0 Å². The predicted molar refractivity (Wildman–Crippen MR) is 61.3 cm³/mol. The van der Waals surface area contributed by atoms with E-state index in [9.17, 15) is 4.79 Å². The fraction of sp³-hybridized carbons (Fsp3) is 0.100. The van der Waals surface area contributed by atoms with E-state index >= 15 is 0 Å². The molecule has 0 aromatic heterocycles. The molecule has 68 valence electrons. The van der Waals surface area contributed by atoms with Crippen LogP contribution >= 0.6 is 25.3 Å². The van der Waals surface area contributed by atoms with E-state index in [0.717, 1.165) is 5.56 Å². The lowest BCUT2D eigenvalue weighted by Crippen LogP contribution is -2.06. The van der Waals surface area contributed by atoms with Crippen molar-refractivity contribution in [2.45, 2.75) is 5.92 Å². The molecule has 0 heterocycles. The molecule has 13 heavy (non-hydrogen) atoms. The number of allylic oxidation sites excluding steroid dienone is 1. The van der Waals surface area contributed by atoms with Crippen molar-refractivity contribution in [1.29, 1.82) is 0 Å². The molecule has 0 aliphatic carbocycles. The standard InChI is InChI=1S/C10H10OS2/c1-7(12)9(10(11)13)8-5-3-2-4-6-8/h2-6,9,12H,1H2,(H,11,13). The largest absolute Gasteiger partial charge is 0.286 e. The molecule has 0 amide bonds. The summed E-state index contributed by atoms with van der Waals surface area (Å²) in [4.78, 5) is 11.7. The highest BCUT2D eigenvalue weighted by Crippen LogP contribution is 2.27. The molecule has 1 nitrogen and oxygen atoms in total. The Morgan fingerprint density at radius 2 is 1.77 bits per heavy atom. The molecule has 1 aromatic rings. The van der Waals surface area contributed by atoms with Gasteiger partial charge < -0.3 is 0 Å². The average molecular weight is 210 g/mol. The van der Waals surface area contributed by atoms with Crippen LogP contribution in [0.1, 0.15) is 11.5 Å². The Morgan fingerprint density at radius 1 is 1.23 bits per heavy atom. The van der Waals surface area contributed by atoms with Crippen molar-refractivity contribution < 1.29 is 4.79 Å². The van der Waals surface area contributed by atoms with Gasteiger partial charge >= 0.3 is 0 Å². The van der Waals surface area contributed by atoms with Gasteiger partial charge in [-0.15, -0.1) is 25.3 Å². The number of benzene rings is 1. The van der Waals surface area contributed by atoms with Gasteiger partial charge in [0.05, 0.1) is 5.92 Å². The number of thiol groups is 2. The van der Waals surface area contributed by atoms with Crippen molar-refractivity contribution in [3.63, 3.8) is 0 Å². The first kappa shape index (κ1) is 10.4. The van der Waals surface area contributed by atoms with Crippen LogP contribution in [0.3, 0.4) is 0 Å². The van der Waals surface area contributed by atoms with E-state index < -0.39 is 5.92 Å². The molecule has 0 saturated carbocycles. The third kappa shape index (κ3) is 2.64. The Balaban J connectivity index is 3.03. The summed E-state index contributed by atoms with van der Waals surface area (Å²) >= 11 is 7.87. The van der Waals surface area contributed by atoms with Gasteiger partial charge in [-0.2, -0.15) is 0 Å². The van der Waals surface area contributed by atoms with E-state index in [-0.39, 0.29) is 5.12 Å². The Morgan fingerprint density at radius 3 is 2.15 bits per heavy atom. The van der Waals surface area contributed by atoms with Gasteiger partial charge in [-0.25, -0.2) is 0 Å². The molecule has 0 fully saturated rings. The Kier molecular flexibility index (Phi) is 3.63. The van der Waals surface area contributed by atoms with Gasteiger partial charge in [0.15, 0.2) is 5.12 Å². The van der Waals surface area contributed by atoms with Crippen molar-refractivity contribution >= 4 is 30.4 Å². The minimum Gasteiger partial charge on any atom is -0.286 e. The number of rotatable bonds is 3. The molecular formula is C10H10OS2. The highest BCUT2D eigenvalue weighted by atomic mass is 32.1. The molecular weight excluding hydrogens is 200 g/mol. The maximum Gasteiger partial charge on any atom is 0.198 e. The summed E-state index contributed by atoms with van der Waals surface area (Å²) in [5, 5.41) is -0.230. The maximum absolute atomic E-state index is 11.1. The third-order valence-corrected chi connectivity index (χ3v) is 2.23. The molecule has 0 aliphatic rings. The molecule has 1 unspecified atom stereocenters. The molecule has 3 heteroatoms. The fourth-order valence-corrected chi connectivity index (χ4v) is 1.80. The van der Waals surface area contributed by atoms with Gasteiger partial charge in [0.25, 0.3) is 0 Å². The summed E-state index contributed by atoms with van der Waals surface area (Å²) in [6.07, 6.45) is 0. The van der Waals surface area contributed by atoms with Crippen LogP contribution in [0.4, 0.5) is 0 Å². The van der Waals surface area contributed by atoms with E-state index in [4.69, 9.17) is 0 Å². The summed E-state index contributed by atoms with van der Waals surface area (Å²) < 4.78 is 0. The topological polar surface area (TPSA) is 17.1 Å². The fourth-order valence-electron chi connectivity index (χ4n) is 1.12. The van der Waals surface area contributed by atoms with E-state index in [1.54, 1.807) is 0 Å². The quantitative estimate of drug-likeness (QED) is 0.734. The van der Waals surface area contributed by atoms with Crippen molar-refractivity contribution in [2.75, 3.05) is 0 Å². The van der Waals surface area contributed by atoms with Gasteiger partial charge in [0.2, 0.25) is 0 Å². The summed E-state index contributed by atoms with van der Waals surface area (Å²) in [6, 6.07) is 9.36. The van der Waals surface area contributed by atoms with Crippen molar-refractivity contribution in [1.82, 2.24) is 0 Å². The summed E-state index contributed by atoms with van der Waals surface area (Å²) in [6.45, 7) is 3.65. The van der Waals surface area contributed by atoms with Crippen LogP contribution in [0.15, 0.2) is 41.8 Å². The summed E-state index contributed by atoms with van der Waals surface area (Å²) in [5.74, 6) is -0.409. The summed E-state index contributed by atoms with van der Waals surface area (Å²) in [5.41, 5.74) is 0.877. The monoisotopic (exact) mass is 210 g/mol. The lowest BCUT2D eigenvalue weighted by atomic mass is 10.0. The average Bonchev–Trinajstić information content (AvgIpc) is 2.04. The van der Waals surface area contributed by atoms with E-state index in [1.807, 2.05) is 30.3 Å². The van der Waals surface area contributed by atoms with Crippen LogP contribution in [0, 0.1) is 0 Å². The van der Waals surface area contributed by atoms with Gasteiger partial charge in [-0.1, -0.05) is 36.9 Å².